The molecule has 0 bridgehead atoms. The van der Waals surface area contributed by atoms with Gasteiger partial charge in [-0.25, -0.2) is 18.0 Å². The number of carbonyl (C=O) groups excluding carboxylic acids is 3. The third kappa shape index (κ3) is 4.97. The summed E-state index contributed by atoms with van der Waals surface area (Å²) < 4.78 is 52.4. The number of benzene rings is 1. The number of nitrogens with one attached hydrogen (secondary N) is 2. The summed E-state index contributed by atoms with van der Waals surface area (Å²) in [5.74, 6) is -5.39. The maximum absolute atomic E-state index is 12.4. The highest BCUT2D eigenvalue weighted by Crippen LogP contribution is 2.19. The molecule has 1 saturated carbocycles. The number of amides is 3. The van der Waals surface area contributed by atoms with E-state index in [1.807, 2.05) is 5.32 Å². The van der Waals surface area contributed by atoms with Crippen LogP contribution in [0.1, 0.15) is 30.1 Å². The van der Waals surface area contributed by atoms with Gasteiger partial charge in [0.1, 0.15) is 0 Å². The van der Waals surface area contributed by atoms with E-state index >= 15 is 0 Å². The van der Waals surface area contributed by atoms with Crippen molar-refractivity contribution in [2.24, 2.45) is 0 Å². The SMILES string of the molecule is CC(OC(=O)c1ccc(S(=O)(=O)C(F)F)cc1)C(=O)NC(=O)NC1CC1. The quantitative estimate of drug-likeness (QED) is 0.705. The number of ether oxygens (including phenoxy) is 1. The predicted molar refractivity (Wildman–Crippen MR) is 84.2 cm³/mol. The van der Waals surface area contributed by atoms with E-state index in [9.17, 15) is 31.6 Å². The molecule has 0 aromatic heterocycles. The molecule has 1 fully saturated rings. The van der Waals surface area contributed by atoms with Crippen molar-refractivity contribution < 1.29 is 36.3 Å². The van der Waals surface area contributed by atoms with Crippen molar-refractivity contribution in [2.45, 2.75) is 42.6 Å². The Balaban J connectivity index is 1.93. The molecule has 3 amide bonds. The molecule has 1 aromatic carbocycles. The number of urea groups is 1. The van der Waals surface area contributed by atoms with Gasteiger partial charge in [0.05, 0.1) is 10.5 Å². The van der Waals surface area contributed by atoms with Crippen LogP contribution in [0.3, 0.4) is 0 Å². The van der Waals surface area contributed by atoms with Crippen LogP contribution >= 0.6 is 0 Å². The molecule has 26 heavy (non-hydrogen) atoms. The molecule has 142 valence electrons. The monoisotopic (exact) mass is 390 g/mol. The topological polar surface area (TPSA) is 119 Å². The van der Waals surface area contributed by atoms with Crippen LogP contribution in [0.2, 0.25) is 0 Å². The minimum Gasteiger partial charge on any atom is -0.449 e. The molecule has 0 heterocycles. The average Bonchev–Trinajstić information content (AvgIpc) is 3.38. The number of sulfone groups is 1. The fraction of sp³-hybridized carbons (Fsp3) is 0.400. The van der Waals surface area contributed by atoms with Crippen molar-refractivity contribution >= 4 is 27.7 Å². The summed E-state index contributed by atoms with van der Waals surface area (Å²) in [6.07, 6.45) is 0.379. The number of hydrogen-bond acceptors (Lipinski definition) is 6. The van der Waals surface area contributed by atoms with Crippen LogP contribution in [0.5, 0.6) is 0 Å². The van der Waals surface area contributed by atoms with E-state index < -0.39 is 44.5 Å². The largest absolute Gasteiger partial charge is 0.449 e. The fourth-order valence-electron chi connectivity index (χ4n) is 1.83. The minimum atomic E-state index is -4.77. The van der Waals surface area contributed by atoms with E-state index in [2.05, 4.69) is 5.32 Å². The van der Waals surface area contributed by atoms with Crippen molar-refractivity contribution in [1.29, 1.82) is 0 Å². The zero-order valence-corrected chi connectivity index (χ0v) is 14.4. The lowest BCUT2D eigenvalue weighted by Gasteiger charge is -2.13. The van der Waals surface area contributed by atoms with Gasteiger partial charge < -0.3 is 10.1 Å². The Morgan fingerprint density at radius 2 is 1.73 bits per heavy atom. The molecule has 2 rings (SSSR count). The van der Waals surface area contributed by atoms with Gasteiger partial charge >= 0.3 is 17.8 Å². The number of halogens is 2. The van der Waals surface area contributed by atoms with E-state index in [1.165, 1.54) is 6.92 Å². The van der Waals surface area contributed by atoms with E-state index in [0.717, 1.165) is 37.1 Å². The normalized spacial score (nSPS) is 15.2. The highest BCUT2D eigenvalue weighted by atomic mass is 32.2. The number of rotatable bonds is 6. The molecule has 0 aliphatic heterocycles. The maximum atomic E-state index is 12.4. The van der Waals surface area contributed by atoms with Crippen LogP contribution < -0.4 is 10.6 Å². The van der Waals surface area contributed by atoms with Crippen molar-refractivity contribution in [3.05, 3.63) is 29.8 Å². The van der Waals surface area contributed by atoms with Gasteiger partial charge in [0.25, 0.3) is 5.91 Å². The molecular weight excluding hydrogens is 374 g/mol. The molecular formula is C15H16F2N2O6S. The van der Waals surface area contributed by atoms with Gasteiger partial charge in [-0.15, -0.1) is 0 Å². The van der Waals surface area contributed by atoms with Crippen LogP contribution in [-0.4, -0.2) is 44.2 Å². The van der Waals surface area contributed by atoms with E-state index in [1.54, 1.807) is 0 Å². The molecule has 2 N–H and O–H groups in total. The number of imide groups is 1. The third-order valence-electron chi connectivity index (χ3n) is 3.46. The first-order chi connectivity index (χ1) is 12.1. The first kappa shape index (κ1) is 19.8. The molecule has 0 spiro atoms. The highest BCUT2D eigenvalue weighted by molar-refractivity contribution is 7.91. The molecule has 1 aliphatic carbocycles. The summed E-state index contributed by atoms with van der Waals surface area (Å²) in [6, 6.07) is 3.01. The van der Waals surface area contributed by atoms with Gasteiger partial charge in [0, 0.05) is 6.04 Å². The zero-order chi connectivity index (χ0) is 19.5. The summed E-state index contributed by atoms with van der Waals surface area (Å²) in [4.78, 5) is 34.5. The molecule has 0 radical (unpaired) electrons. The summed E-state index contributed by atoms with van der Waals surface area (Å²) in [5.41, 5.74) is -0.139. The minimum absolute atomic E-state index is 0.0451. The van der Waals surface area contributed by atoms with Crippen molar-refractivity contribution in [3.63, 3.8) is 0 Å². The predicted octanol–water partition coefficient (Wildman–Crippen LogP) is 1.22. The summed E-state index contributed by atoms with van der Waals surface area (Å²) in [7, 11) is -4.77. The Bertz CT molecular complexity index is 806. The average molecular weight is 390 g/mol. The van der Waals surface area contributed by atoms with Gasteiger partial charge in [-0.3, -0.25) is 10.1 Å². The lowest BCUT2D eigenvalue weighted by Crippen LogP contribution is -2.45. The Labute approximate surface area is 147 Å². The summed E-state index contributed by atoms with van der Waals surface area (Å²) in [5, 5.41) is 4.55. The van der Waals surface area contributed by atoms with Crippen LogP contribution in [0.25, 0.3) is 0 Å². The molecule has 1 atom stereocenters. The number of alkyl halides is 2. The Hall–Kier alpha value is -2.56. The standard InChI is InChI=1S/C15H16F2N2O6S/c1-8(12(20)19-15(22)18-10-4-5-10)25-13(21)9-2-6-11(7-3-9)26(23,24)14(16)17/h2-3,6-8,10,14H,4-5H2,1H3,(H2,18,19,20,22). The summed E-state index contributed by atoms with van der Waals surface area (Å²) >= 11 is 0. The van der Waals surface area contributed by atoms with Crippen molar-refractivity contribution in [2.75, 3.05) is 0 Å². The highest BCUT2D eigenvalue weighted by Gasteiger charge is 2.28. The second-order valence-electron chi connectivity index (χ2n) is 5.61. The van der Waals surface area contributed by atoms with Crippen LogP contribution in [0.15, 0.2) is 29.2 Å². The molecule has 1 aliphatic rings. The van der Waals surface area contributed by atoms with Gasteiger partial charge in [-0.05, 0) is 44.0 Å². The Morgan fingerprint density at radius 1 is 1.15 bits per heavy atom. The fourth-order valence-corrected chi connectivity index (χ4v) is 2.55. The molecule has 1 aromatic rings. The number of carbonyl (C=O) groups is 3. The Kier molecular flexibility index (Phi) is 5.90. The van der Waals surface area contributed by atoms with Gasteiger partial charge in [-0.2, -0.15) is 8.78 Å². The molecule has 0 saturated heterocycles. The van der Waals surface area contributed by atoms with Gasteiger partial charge in [0.15, 0.2) is 6.10 Å². The molecule has 1 unspecified atom stereocenters. The lowest BCUT2D eigenvalue weighted by atomic mass is 10.2. The molecule has 11 heteroatoms. The Morgan fingerprint density at radius 3 is 2.23 bits per heavy atom. The van der Waals surface area contributed by atoms with Crippen LogP contribution in [-0.2, 0) is 19.4 Å². The number of hydrogen-bond donors (Lipinski definition) is 2. The second-order valence-corrected chi connectivity index (χ2v) is 7.53. The van der Waals surface area contributed by atoms with Gasteiger partial charge in [-0.1, -0.05) is 0 Å². The van der Waals surface area contributed by atoms with E-state index in [-0.39, 0.29) is 11.6 Å². The first-order valence-electron chi connectivity index (χ1n) is 7.55. The summed E-state index contributed by atoms with van der Waals surface area (Å²) in [6.45, 7) is 1.24. The van der Waals surface area contributed by atoms with Crippen molar-refractivity contribution in [3.8, 4) is 0 Å². The maximum Gasteiger partial charge on any atom is 0.341 e. The van der Waals surface area contributed by atoms with Crippen LogP contribution in [0.4, 0.5) is 13.6 Å². The zero-order valence-electron chi connectivity index (χ0n) is 13.6. The third-order valence-corrected chi connectivity index (χ3v) is 4.85. The van der Waals surface area contributed by atoms with Crippen molar-refractivity contribution in [1.82, 2.24) is 10.6 Å². The lowest BCUT2D eigenvalue weighted by molar-refractivity contribution is -0.127. The van der Waals surface area contributed by atoms with Crippen LogP contribution in [0, 0.1) is 0 Å². The second kappa shape index (κ2) is 7.77. The van der Waals surface area contributed by atoms with E-state index in [4.69, 9.17) is 4.74 Å². The smallest absolute Gasteiger partial charge is 0.341 e. The van der Waals surface area contributed by atoms with E-state index in [0.29, 0.717) is 0 Å². The number of esters is 1. The molecule has 8 nitrogen and oxygen atoms in total. The first-order valence-corrected chi connectivity index (χ1v) is 9.10. The van der Waals surface area contributed by atoms with Gasteiger partial charge in [0.2, 0.25) is 9.84 Å².